The van der Waals surface area contributed by atoms with E-state index in [1.807, 2.05) is 0 Å². The summed E-state index contributed by atoms with van der Waals surface area (Å²) in [6.07, 6.45) is 3.02. The minimum Gasteiger partial charge on any atom is -0.492 e. The Hall–Kier alpha value is -3.94. The lowest BCUT2D eigenvalue weighted by Gasteiger charge is -2.18. The molecule has 0 unspecified atom stereocenters. The van der Waals surface area contributed by atoms with Crippen LogP contribution in [0.4, 0.5) is 15.8 Å². The van der Waals surface area contributed by atoms with E-state index in [0.29, 0.717) is 36.0 Å². The zero-order valence-corrected chi connectivity index (χ0v) is 17.1. The van der Waals surface area contributed by atoms with Gasteiger partial charge in [-0.15, -0.1) is 0 Å². The first-order valence-corrected chi connectivity index (χ1v) is 9.74. The van der Waals surface area contributed by atoms with Crippen molar-refractivity contribution >= 4 is 23.2 Å². The molecule has 0 aliphatic rings. The molecule has 0 radical (unpaired) electrons. The molecule has 1 heterocycles. The Morgan fingerprint density at radius 3 is 2.06 bits per heavy atom. The molecule has 160 valence electrons. The van der Waals surface area contributed by atoms with E-state index in [1.165, 1.54) is 30.5 Å². The lowest BCUT2D eigenvalue weighted by molar-refractivity contribution is 0.101. The van der Waals surface area contributed by atoms with Crippen LogP contribution < -0.4 is 20.1 Å². The first-order valence-electron chi connectivity index (χ1n) is 9.74. The van der Waals surface area contributed by atoms with Gasteiger partial charge in [-0.3, -0.25) is 14.6 Å². The largest absolute Gasteiger partial charge is 0.492 e. The van der Waals surface area contributed by atoms with Gasteiger partial charge in [0.15, 0.2) is 0 Å². The van der Waals surface area contributed by atoms with Crippen LogP contribution in [-0.2, 0) is 0 Å². The Morgan fingerprint density at radius 2 is 1.52 bits per heavy atom. The molecule has 2 aromatic carbocycles. The molecule has 0 saturated carbocycles. The molecule has 0 aliphatic heterocycles. The van der Waals surface area contributed by atoms with Gasteiger partial charge >= 0.3 is 0 Å². The van der Waals surface area contributed by atoms with Crippen molar-refractivity contribution in [1.29, 1.82) is 0 Å². The summed E-state index contributed by atoms with van der Waals surface area (Å²) in [6, 6.07) is 12.1. The Morgan fingerprint density at radius 1 is 0.903 bits per heavy atom. The number of anilines is 2. The second-order valence-corrected chi connectivity index (χ2v) is 6.34. The summed E-state index contributed by atoms with van der Waals surface area (Å²) in [5, 5.41) is 5.43. The highest BCUT2D eigenvalue weighted by atomic mass is 19.1. The van der Waals surface area contributed by atoms with Gasteiger partial charge in [0.2, 0.25) is 0 Å². The second-order valence-electron chi connectivity index (χ2n) is 6.34. The molecule has 0 atom stereocenters. The van der Waals surface area contributed by atoms with Gasteiger partial charge in [0.05, 0.1) is 35.7 Å². The fourth-order valence-electron chi connectivity index (χ4n) is 2.83. The van der Waals surface area contributed by atoms with E-state index in [2.05, 4.69) is 15.6 Å². The molecule has 3 aromatic rings. The van der Waals surface area contributed by atoms with E-state index in [1.54, 1.807) is 44.3 Å². The van der Waals surface area contributed by atoms with E-state index in [-0.39, 0.29) is 17.2 Å². The van der Waals surface area contributed by atoms with Crippen LogP contribution in [0.2, 0.25) is 0 Å². The summed E-state index contributed by atoms with van der Waals surface area (Å²) in [7, 11) is 0. The van der Waals surface area contributed by atoms with Gasteiger partial charge in [-0.1, -0.05) is 12.1 Å². The topological polar surface area (TPSA) is 89.5 Å². The number of benzene rings is 2. The second kappa shape index (κ2) is 10.2. The van der Waals surface area contributed by atoms with Gasteiger partial charge < -0.3 is 20.1 Å². The highest BCUT2D eigenvalue weighted by Crippen LogP contribution is 2.37. The molecule has 7 nitrogen and oxygen atoms in total. The van der Waals surface area contributed by atoms with Crippen molar-refractivity contribution in [2.24, 2.45) is 0 Å². The highest BCUT2D eigenvalue weighted by molar-refractivity contribution is 6.07. The maximum atomic E-state index is 14.0. The van der Waals surface area contributed by atoms with Crippen LogP contribution in [0.5, 0.6) is 11.5 Å². The maximum Gasteiger partial charge on any atom is 0.258 e. The molecule has 2 amide bonds. The summed E-state index contributed by atoms with van der Waals surface area (Å²) in [5.74, 6) is -1.01. The van der Waals surface area contributed by atoms with Gasteiger partial charge in [0.1, 0.15) is 17.3 Å². The number of ether oxygens (including phenoxy) is 2. The third-order valence-corrected chi connectivity index (χ3v) is 4.22. The lowest BCUT2D eigenvalue weighted by Crippen LogP contribution is -2.16. The number of rotatable bonds is 8. The van der Waals surface area contributed by atoms with Crippen molar-refractivity contribution in [2.75, 3.05) is 23.8 Å². The average molecular weight is 423 g/mol. The van der Waals surface area contributed by atoms with Crippen LogP contribution in [0.15, 0.2) is 60.9 Å². The number of hydrogen-bond donors (Lipinski definition) is 2. The quantitative estimate of drug-likeness (QED) is 0.556. The predicted octanol–water partition coefficient (Wildman–Crippen LogP) is 4.52. The van der Waals surface area contributed by atoms with Gasteiger partial charge in [-0.25, -0.2) is 4.39 Å². The Bertz CT molecular complexity index is 1070. The fourth-order valence-corrected chi connectivity index (χ4v) is 2.83. The summed E-state index contributed by atoms with van der Waals surface area (Å²) in [5.41, 5.74) is 0.928. The number of carbonyl (C=O) groups excluding carboxylic acids is 2. The molecule has 0 fully saturated rings. The minimum absolute atomic E-state index is 0.100. The maximum absolute atomic E-state index is 14.0. The molecule has 0 saturated heterocycles. The highest BCUT2D eigenvalue weighted by Gasteiger charge is 2.18. The number of aromatic nitrogens is 1. The fraction of sp³-hybridized carbons (Fsp3) is 0.174. The first kappa shape index (κ1) is 21.8. The Kier molecular flexibility index (Phi) is 7.16. The molecule has 0 spiro atoms. The van der Waals surface area contributed by atoms with E-state index in [0.717, 1.165) is 0 Å². The van der Waals surface area contributed by atoms with Crippen LogP contribution >= 0.6 is 0 Å². The van der Waals surface area contributed by atoms with E-state index >= 15 is 0 Å². The Balaban J connectivity index is 1.94. The first-order chi connectivity index (χ1) is 15.0. The van der Waals surface area contributed by atoms with Crippen LogP contribution in [0.3, 0.4) is 0 Å². The molecule has 8 heteroatoms. The predicted molar refractivity (Wildman–Crippen MR) is 115 cm³/mol. The van der Waals surface area contributed by atoms with Crippen LogP contribution in [0.25, 0.3) is 0 Å². The molecular formula is C23H22FN3O4. The van der Waals surface area contributed by atoms with Gasteiger partial charge in [0, 0.05) is 24.5 Å². The third kappa shape index (κ3) is 5.36. The zero-order valence-electron chi connectivity index (χ0n) is 17.1. The summed E-state index contributed by atoms with van der Waals surface area (Å²) in [4.78, 5) is 29.1. The summed E-state index contributed by atoms with van der Waals surface area (Å²) >= 11 is 0. The zero-order chi connectivity index (χ0) is 22.2. The molecular weight excluding hydrogens is 401 g/mol. The molecule has 3 rings (SSSR count). The molecule has 0 bridgehead atoms. The van der Waals surface area contributed by atoms with Gasteiger partial charge in [-0.2, -0.15) is 0 Å². The number of pyridine rings is 1. The van der Waals surface area contributed by atoms with Crippen molar-refractivity contribution in [1.82, 2.24) is 4.98 Å². The number of nitrogens with one attached hydrogen (secondary N) is 2. The Labute approximate surface area is 179 Å². The van der Waals surface area contributed by atoms with E-state index in [4.69, 9.17) is 9.47 Å². The van der Waals surface area contributed by atoms with E-state index in [9.17, 15) is 14.0 Å². The summed E-state index contributed by atoms with van der Waals surface area (Å²) < 4.78 is 25.3. The SMILES string of the molecule is CCOc1cc(NC(=O)c2ccccc2F)c(OCC)cc1NC(=O)c1cccnc1. The van der Waals surface area contributed by atoms with Crippen molar-refractivity contribution in [3.05, 3.63) is 77.9 Å². The monoisotopic (exact) mass is 423 g/mol. The van der Waals surface area contributed by atoms with Crippen LogP contribution in [0, 0.1) is 5.82 Å². The number of hydrogen-bond acceptors (Lipinski definition) is 5. The standard InChI is InChI=1S/C23H22FN3O4/c1-3-30-20-13-19(27-23(29)16-9-5-6-10-17(16)24)21(31-4-2)12-18(20)26-22(28)15-8-7-11-25-14-15/h5-14H,3-4H2,1-2H3,(H,26,28)(H,27,29). The normalized spacial score (nSPS) is 10.3. The van der Waals surface area contributed by atoms with Crippen molar-refractivity contribution in [3.63, 3.8) is 0 Å². The van der Waals surface area contributed by atoms with Crippen molar-refractivity contribution in [2.45, 2.75) is 13.8 Å². The van der Waals surface area contributed by atoms with Crippen LogP contribution in [0.1, 0.15) is 34.6 Å². The molecule has 2 N–H and O–H groups in total. The molecule has 0 aliphatic carbocycles. The minimum atomic E-state index is -0.636. The van der Waals surface area contributed by atoms with Crippen molar-refractivity contribution in [3.8, 4) is 11.5 Å². The third-order valence-electron chi connectivity index (χ3n) is 4.22. The van der Waals surface area contributed by atoms with Crippen molar-refractivity contribution < 1.29 is 23.5 Å². The average Bonchev–Trinajstić information content (AvgIpc) is 2.77. The number of nitrogens with zero attached hydrogens (tertiary/aromatic N) is 1. The number of halogens is 1. The number of carbonyl (C=O) groups is 2. The van der Waals surface area contributed by atoms with Gasteiger partial charge in [0.25, 0.3) is 11.8 Å². The lowest BCUT2D eigenvalue weighted by atomic mass is 10.1. The summed E-state index contributed by atoms with van der Waals surface area (Å²) in [6.45, 7) is 4.21. The molecule has 1 aromatic heterocycles. The smallest absolute Gasteiger partial charge is 0.258 e. The van der Waals surface area contributed by atoms with Gasteiger partial charge in [-0.05, 0) is 38.1 Å². The molecule has 31 heavy (non-hydrogen) atoms. The van der Waals surface area contributed by atoms with E-state index < -0.39 is 11.7 Å². The number of amides is 2. The van der Waals surface area contributed by atoms with Crippen LogP contribution in [-0.4, -0.2) is 30.0 Å².